The maximum absolute atomic E-state index is 13.2. The van der Waals surface area contributed by atoms with Crippen LogP contribution in [0, 0.1) is 18.8 Å². The average Bonchev–Trinajstić information content (AvgIpc) is 3.20. The summed E-state index contributed by atoms with van der Waals surface area (Å²) in [5, 5.41) is 7.56. The Balaban J connectivity index is 1.44. The number of amides is 2. The number of rotatable bonds is 7. The van der Waals surface area contributed by atoms with Gasteiger partial charge >= 0.3 is 0 Å². The molecule has 1 N–H and O–H groups in total. The van der Waals surface area contributed by atoms with E-state index in [-0.39, 0.29) is 23.7 Å². The van der Waals surface area contributed by atoms with E-state index in [1.54, 1.807) is 10.9 Å². The van der Waals surface area contributed by atoms with Crippen LogP contribution < -0.4 is 5.32 Å². The van der Waals surface area contributed by atoms with Crippen LogP contribution in [0.2, 0.25) is 5.02 Å². The zero-order valence-corrected chi connectivity index (χ0v) is 21.3. The molecule has 1 saturated heterocycles. The number of anilines is 1. The van der Waals surface area contributed by atoms with E-state index in [4.69, 9.17) is 11.6 Å². The molecule has 184 valence electrons. The van der Waals surface area contributed by atoms with Gasteiger partial charge in [-0.15, -0.1) is 0 Å². The fourth-order valence-corrected chi connectivity index (χ4v) is 4.84. The first-order valence-electron chi connectivity index (χ1n) is 12.1. The second kappa shape index (κ2) is 11.0. The number of aryl methyl sites for hydroxylation is 1. The van der Waals surface area contributed by atoms with E-state index in [2.05, 4.69) is 27.5 Å². The summed E-state index contributed by atoms with van der Waals surface area (Å²) >= 11 is 6.37. The summed E-state index contributed by atoms with van der Waals surface area (Å²) in [6, 6.07) is 12.2. The summed E-state index contributed by atoms with van der Waals surface area (Å²) in [6.07, 6.45) is 5.98. The molecule has 3 aromatic rings. The smallest absolute Gasteiger partial charge is 0.276 e. The Morgan fingerprint density at radius 1 is 1.17 bits per heavy atom. The lowest BCUT2D eigenvalue weighted by atomic mass is 9.97. The second-order valence-corrected chi connectivity index (χ2v) is 10.0. The molecule has 7 nitrogen and oxygen atoms in total. The predicted octanol–water partition coefficient (Wildman–Crippen LogP) is 4.98. The molecular formula is C27H32ClN5O2. The molecule has 35 heavy (non-hydrogen) atoms. The first-order chi connectivity index (χ1) is 16.8. The lowest BCUT2D eigenvalue weighted by Gasteiger charge is -2.34. The van der Waals surface area contributed by atoms with E-state index in [0.717, 1.165) is 36.9 Å². The third-order valence-corrected chi connectivity index (χ3v) is 6.66. The van der Waals surface area contributed by atoms with Crippen LogP contribution in [0.15, 0.2) is 48.8 Å². The number of likely N-dealkylation sites (tertiary alicyclic amines) is 1. The van der Waals surface area contributed by atoms with E-state index >= 15 is 0 Å². The number of carbonyl (C=O) groups excluding carboxylic acids is 2. The van der Waals surface area contributed by atoms with Gasteiger partial charge < -0.3 is 10.2 Å². The normalized spacial score (nSPS) is 15.9. The predicted molar refractivity (Wildman–Crippen MR) is 138 cm³/mol. The van der Waals surface area contributed by atoms with Gasteiger partial charge in [-0.2, -0.15) is 5.10 Å². The van der Waals surface area contributed by atoms with Crippen molar-refractivity contribution in [3.8, 4) is 0 Å². The molecule has 0 spiro atoms. The minimum atomic E-state index is -0.343. The number of benzene rings is 1. The number of carbonyl (C=O) groups is 2. The summed E-state index contributed by atoms with van der Waals surface area (Å²) in [4.78, 5) is 32.1. The number of piperidine rings is 1. The van der Waals surface area contributed by atoms with Crippen molar-refractivity contribution in [2.45, 2.75) is 46.6 Å². The van der Waals surface area contributed by atoms with Crippen molar-refractivity contribution in [2.24, 2.45) is 11.8 Å². The number of nitrogens with one attached hydrogen (secondary N) is 1. The van der Waals surface area contributed by atoms with Gasteiger partial charge in [0.25, 0.3) is 5.91 Å². The molecule has 0 saturated carbocycles. The minimum Gasteiger partial charge on any atom is -0.342 e. The summed E-state index contributed by atoms with van der Waals surface area (Å²) in [6.45, 7) is 7.75. The van der Waals surface area contributed by atoms with Crippen molar-refractivity contribution in [3.05, 3.63) is 76.2 Å². The lowest BCUT2D eigenvalue weighted by molar-refractivity contribution is -0.136. The molecule has 0 radical (unpaired) electrons. The minimum absolute atomic E-state index is 0.0240. The van der Waals surface area contributed by atoms with Gasteiger partial charge in [0.05, 0.1) is 11.2 Å². The Hall–Kier alpha value is -3.19. The van der Waals surface area contributed by atoms with Crippen LogP contribution in [-0.2, 0) is 17.8 Å². The Kier molecular flexibility index (Phi) is 7.86. The van der Waals surface area contributed by atoms with Crippen molar-refractivity contribution in [1.29, 1.82) is 0 Å². The van der Waals surface area contributed by atoms with Gasteiger partial charge in [-0.05, 0) is 48.8 Å². The standard InChI is InChI=1S/C27H32ClN5O2/c1-18(2)27(35)32-11-7-10-21(16-32)17-33-24(23(28)15-30-33)26(34)31-25-19(3)12-22(14-29-25)13-20-8-5-4-6-9-20/h4-6,8-9,12,14-15,18,21H,7,10-11,13,16-17H2,1-3H3,(H,29,31,34)/t21-/m0/s1. The van der Waals surface area contributed by atoms with Gasteiger partial charge in [-0.25, -0.2) is 4.98 Å². The van der Waals surface area contributed by atoms with Crippen LogP contribution in [-0.4, -0.2) is 44.6 Å². The van der Waals surface area contributed by atoms with Crippen LogP contribution in [0.5, 0.6) is 0 Å². The second-order valence-electron chi connectivity index (χ2n) is 9.60. The number of pyridine rings is 1. The molecule has 2 amide bonds. The molecule has 8 heteroatoms. The third-order valence-electron chi connectivity index (χ3n) is 6.38. The highest BCUT2D eigenvalue weighted by molar-refractivity contribution is 6.34. The molecular weight excluding hydrogens is 462 g/mol. The largest absolute Gasteiger partial charge is 0.342 e. The van der Waals surface area contributed by atoms with E-state index in [1.165, 1.54) is 11.8 Å². The lowest BCUT2D eigenvalue weighted by Crippen LogP contribution is -2.43. The van der Waals surface area contributed by atoms with E-state index in [1.807, 2.05) is 49.9 Å². The summed E-state index contributed by atoms with van der Waals surface area (Å²) < 4.78 is 1.66. The Morgan fingerprint density at radius 3 is 2.66 bits per heavy atom. The average molecular weight is 494 g/mol. The molecule has 1 fully saturated rings. The first-order valence-corrected chi connectivity index (χ1v) is 12.5. The van der Waals surface area contributed by atoms with Crippen LogP contribution in [0.3, 0.4) is 0 Å². The zero-order chi connectivity index (χ0) is 24.9. The van der Waals surface area contributed by atoms with Gasteiger partial charge in [-0.3, -0.25) is 14.3 Å². The number of aromatic nitrogens is 3. The van der Waals surface area contributed by atoms with Crippen LogP contribution in [0.4, 0.5) is 5.82 Å². The van der Waals surface area contributed by atoms with Crippen LogP contribution in [0.25, 0.3) is 0 Å². The van der Waals surface area contributed by atoms with Gasteiger partial charge in [0, 0.05) is 31.7 Å². The highest BCUT2D eigenvalue weighted by Crippen LogP contribution is 2.24. The molecule has 0 bridgehead atoms. The fourth-order valence-electron chi connectivity index (χ4n) is 4.61. The molecule has 2 aromatic heterocycles. The van der Waals surface area contributed by atoms with Gasteiger partial charge in [0.1, 0.15) is 11.5 Å². The molecule has 0 unspecified atom stereocenters. The van der Waals surface area contributed by atoms with E-state index in [9.17, 15) is 9.59 Å². The van der Waals surface area contributed by atoms with Crippen molar-refractivity contribution in [2.75, 3.05) is 18.4 Å². The summed E-state index contributed by atoms with van der Waals surface area (Å²) in [7, 11) is 0. The molecule has 1 aliphatic heterocycles. The summed E-state index contributed by atoms with van der Waals surface area (Å²) in [5.74, 6) is 0.519. The SMILES string of the molecule is Cc1cc(Cc2ccccc2)cnc1NC(=O)c1c(Cl)cnn1C[C@H]1CCCN(C(=O)C(C)C)C1. The van der Waals surface area contributed by atoms with Crippen LogP contribution in [0.1, 0.15) is 53.9 Å². The molecule has 1 aliphatic rings. The van der Waals surface area contributed by atoms with Crippen LogP contribution >= 0.6 is 11.6 Å². The third kappa shape index (κ3) is 6.09. The van der Waals surface area contributed by atoms with Gasteiger partial charge in [-0.1, -0.05) is 61.8 Å². The monoisotopic (exact) mass is 493 g/mol. The Morgan fingerprint density at radius 2 is 1.94 bits per heavy atom. The van der Waals surface area contributed by atoms with Crippen molar-refractivity contribution >= 4 is 29.2 Å². The maximum Gasteiger partial charge on any atom is 0.276 e. The van der Waals surface area contributed by atoms with Crippen molar-refractivity contribution < 1.29 is 9.59 Å². The molecule has 3 heterocycles. The number of halogens is 1. The number of nitrogens with zero attached hydrogens (tertiary/aromatic N) is 4. The topological polar surface area (TPSA) is 80.1 Å². The van der Waals surface area contributed by atoms with E-state index in [0.29, 0.717) is 29.6 Å². The Labute approximate surface area is 211 Å². The molecule has 0 aliphatic carbocycles. The highest BCUT2D eigenvalue weighted by atomic mass is 35.5. The number of hydrogen-bond acceptors (Lipinski definition) is 4. The molecule has 1 aromatic carbocycles. The fraction of sp³-hybridized carbons (Fsp3) is 0.407. The van der Waals surface area contributed by atoms with Crippen molar-refractivity contribution in [3.63, 3.8) is 0 Å². The van der Waals surface area contributed by atoms with Crippen molar-refractivity contribution in [1.82, 2.24) is 19.7 Å². The van der Waals surface area contributed by atoms with Gasteiger partial charge in [0.15, 0.2) is 0 Å². The Bertz CT molecular complexity index is 1190. The summed E-state index contributed by atoms with van der Waals surface area (Å²) in [5.41, 5.74) is 3.47. The molecule has 4 rings (SSSR count). The maximum atomic E-state index is 13.2. The van der Waals surface area contributed by atoms with Gasteiger partial charge in [0.2, 0.25) is 5.91 Å². The highest BCUT2D eigenvalue weighted by Gasteiger charge is 2.27. The number of hydrogen-bond donors (Lipinski definition) is 1. The molecule has 1 atom stereocenters. The zero-order valence-electron chi connectivity index (χ0n) is 20.5. The first kappa shape index (κ1) is 24.9. The quantitative estimate of drug-likeness (QED) is 0.503. The van der Waals surface area contributed by atoms with E-state index < -0.39 is 0 Å².